The number of hydrogen-bond donors (Lipinski definition) is 0. The van der Waals surface area contributed by atoms with Gasteiger partial charge in [0.15, 0.2) is 0 Å². The van der Waals surface area contributed by atoms with E-state index in [-0.39, 0.29) is 0 Å². The molecule has 74 valence electrons. The van der Waals surface area contributed by atoms with Crippen molar-refractivity contribution in [1.29, 1.82) is 0 Å². The molecular weight excluding hydrogens is 162 g/mol. The summed E-state index contributed by atoms with van der Waals surface area (Å²) in [7, 11) is 1.55. The van der Waals surface area contributed by atoms with Crippen molar-refractivity contribution in [1.82, 2.24) is 0 Å². The van der Waals surface area contributed by atoms with Gasteiger partial charge in [-0.3, -0.25) is 0 Å². The van der Waals surface area contributed by atoms with E-state index in [2.05, 4.69) is 28.8 Å². The Hall–Kier alpha value is -0.970. The van der Waals surface area contributed by atoms with E-state index in [0.29, 0.717) is 0 Å². The van der Waals surface area contributed by atoms with E-state index in [1.165, 1.54) is 19.3 Å². The van der Waals surface area contributed by atoms with Gasteiger partial charge in [-0.2, -0.15) is 0 Å². The Kier molecular flexibility index (Phi) is 10.2. The summed E-state index contributed by atoms with van der Waals surface area (Å²) < 4.78 is 0. The highest BCUT2D eigenvalue weighted by Gasteiger charge is 1.80. The molecule has 0 aliphatic rings. The molecule has 0 amide bonds. The maximum absolute atomic E-state index is 4.52. The van der Waals surface area contributed by atoms with Crippen LogP contribution >= 0.6 is 0 Å². The third-order valence-corrected chi connectivity index (χ3v) is 1.61. The van der Waals surface area contributed by atoms with Gasteiger partial charge in [-0.15, -0.1) is 11.8 Å². The van der Waals surface area contributed by atoms with Crippen molar-refractivity contribution in [2.24, 2.45) is 5.16 Å². The lowest BCUT2D eigenvalue weighted by Gasteiger charge is -1.88. The molecule has 0 aromatic carbocycles. The summed E-state index contributed by atoms with van der Waals surface area (Å²) in [5.74, 6) is 6.25. The van der Waals surface area contributed by atoms with Gasteiger partial charge in [0.2, 0.25) is 0 Å². The molecule has 0 aromatic heterocycles. The normalized spacial score (nSPS) is 9.69. The lowest BCUT2D eigenvalue weighted by Crippen LogP contribution is -1.76. The van der Waals surface area contributed by atoms with Crippen molar-refractivity contribution in [3.63, 3.8) is 0 Å². The van der Waals surface area contributed by atoms with Gasteiger partial charge in [0.1, 0.15) is 7.11 Å². The predicted octanol–water partition coefficient (Wildman–Crippen LogP) is 2.98. The Morgan fingerprint density at radius 3 is 2.69 bits per heavy atom. The zero-order valence-electron chi connectivity index (χ0n) is 8.68. The van der Waals surface area contributed by atoms with E-state index in [1.54, 1.807) is 13.3 Å². The lowest BCUT2D eigenvalue weighted by molar-refractivity contribution is 0.214. The Morgan fingerprint density at radius 1 is 1.23 bits per heavy atom. The predicted molar refractivity (Wildman–Crippen MR) is 56.7 cm³/mol. The molecule has 0 heterocycles. The number of hydrogen-bond acceptors (Lipinski definition) is 2. The molecule has 0 N–H and O–H groups in total. The number of oxime groups is 1. The fourth-order valence-corrected chi connectivity index (χ4v) is 0.904. The standard InChI is InChI=1S/C11H19NO/c1-3-4-5-6-7-8-9-10-11-12-13-2/h11H,3-6,9-10H2,1-2H3. The van der Waals surface area contributed by atoms with Crippen molar-refractivity contribution in [3.8, 4) is 11.8 Å². The minimum Gasteiger partial charge on any atom is -0.399 e. The maximum Gasteiger partial charge on any atom is 0.106 e. The van der Waals surface area contributed by atoms with Crippen LogP contribution < -0.4 is 0 Å². The van der Waals surface area contributed by atoms with Crippen LogP contribution in [0.5, 0.6) is 0 Å². The van der Waals surface area contributed by atoms with Crippen molar-refractivity contribution in [3.05, 3.63) is 0 Å². The van der Waals surface area contributed by atoms with Gasteiger partial charge in [0, 0.05) is 19.1 Å². The smallest absolute Gasteiger partial charge is 0.106 e. The quantitative estimate of drug-likeness (QED) is 0.267. The van der Waals surface area contributed by atoms with E-state index in [1.807, 2.05) is 0 Å². The van der Waals surface area contributed by atoms with Crippen LogP contribution in [0.1, 0.15) is 45.4 Å². The Labute approximate surface area is 81.4 Å². The second-order valence-electron chi connectivity index (χ2n) is 2.82. The molecular formula is C11H19NO. The van der Waals surface area contributed by atoms with Gasteiger partial charge < -0.3 is 4.84 Å². The highest BCUT2D eigenvalue weighted by Crippen LogP contribution is 1.96. The minimum absolute atomic E-state index is 0.884. The van der Waals surface area contributed by atoms with E-state index >= 15 is 0 Å². The molecule has 0 rings (SSSR count). The molecule has 0 spiro atoms. The molecule has 0 saturated carbocycles. The highest BCUT2D eigenvalue weighted by molar-refractivity contribution is 5.56. The van der Waals surface area contributed by atoms with E-state index in [4.69, 9.17) is 0 Å². The molecule has 0 aromatic rings. The summed E-state index contributed by atoms with van der Waals surface area (Å²) in [6.45, 7) is 2.20. The third-order valence-electron chi connectivity index (χ3n) is 1.61. The van der Waals surface area contributed by atoms with Crippen LogP contribution in [0.3, 0.4) is 0 Å². The van der Waals surface area contributed by atoms with E-state index < -0.39 is 0 Å². The van der Waals surface area contributed by atoms with Gasteiger partial charge in [0.05, 0.1) is 0 Å². The van der Waals surface area contributed by atoms with Crippen LogP contribution in [0.15, 0.2) is 5.16 Å². The van der Waals surface area contributed by atoms with Crippen LogP contribution in [-0.2, 0) is 4.84 Å². The first kappa shape index (κ1) is 12.0. The molecule has 0 unspecified atom stereocenters. The van der Waals surface area contributed by atoms with Crippen molar-refractivity contribution in [2.75, 3.05) is 7.11 Å². The second-order valence-corrected chi connectivity index (χ2v) is 2.82. The maximum atomic E-state index is 4.52. The molecule has 0 fully saturated rings. The third kappa shape index (κ3) is 11.0. The lowest BCUT2D eigenvalue weighted by atomic mass is 10.2. The molecule has 0 saturated heterocycles. The highest BCUT2D eigenvalue weighted by atomic mass is 16.6. The summed E-state index contributed by atoms with van der Waals surface area (Å²) in [5.41, 5.74) is 0. The molecule has 2 nitrogen and oxygen atoms in total. The van der Waals surface area contributed by atoms with Crippen molar-refractivity contribution in [2.45, 2.75) is 45.4 Å². The van der Waals surface area contributed by atoms with Gasteiger partial charge >= 0.3 is 0 Å². The Bertz CT molecular complexity index is 176. The molecule has 0 radical (unpaired) electrons. The fourth-order valence-electron chi connectivity index (χ4n) is 0.904. The largest absolute Gasteiger partial charge is 0.399 e. The zero-order valence-corrected chi connectivity index (χ0v) is 8.68. The Morgan fingerprint density at radius 2 is 2.00 bits per heavy atom. The summed E-state index contributed by atoms with van der Waals surface area (Å²) in [6, 6.07) is 0. The summed E-state index contributed by atoms with van der Waals surface area (Å²) in [5, 5.41) is 3.63. The first-order chi connectivity index (χ1) is 6.41. The van der Waals surface area contributed by atoms with Gasteiger partial charge in [-0.05, 0) is 12.8 Å². The van der Waals surface area contributed by atoms with Gasteiger partial charge in [-0.1, -0.05) is 24.9 Å². The summed E-state index contributed by atoms with van der Waals surface area (Å²) in [4.78, 5) is 4.52. The van der Waals surface area contributed by atoms with Gasteiger partial charge in [-0.25, -0.2) is 0 Å². The second kappa shape index (κ2) is 11.0. The van der Waals surface area contributed by atoms with Crippen LogP contribution in [0.4, 0.5) is 0 Å². The fraction of sp³-hybridized carbons (Fsp3) is 0.727. The SMILES string of the molecule is CCCCCC#CCCC=NOC. The molecule has 13 heavy (non-hydrogen) atoms. The number of nitrogens with zero attached hydrogens (tertiary/aromatic N) is 1. The minimum atomic E-state index is 0.884. The van der Waals surface area contributed by atoms with Gasteiger partial charge in [0.25, 0.3) is 0 Å². The van der Waals surface area contributed by atoms with E-state index in [9.17, 15) is 0 Å². The van der Waals surface area contributed by atoms with Crippen molar-refractivity contribution >= 4 is 6.21 Å². The van der Waals surface area contributed by atoms with Crippen LogP contribution in [0.2, 0.25) is 0 Å². The monoisotopic (exact) mass is 181 g/mol. The summed E-state index contributed by atoms with van der Waals surface area (Å²) in [6.07, 6.45) is 8.35. The number of unbranched alkanes of at least 4 members (excludes halogenated alkanes) is 4. The van der Waals surface area contributed by atoms with Crippen LogP contribution in [0, 0.1) is 11.8 Å². The van der Waals surface area contributed by atoms with E-state index in [0.717, 1.165) is 19.3 Å². The topological polar surface area (TPSA) is 21.6 Å². The van der Waals surface area contributed by atoms with Crippen LogP contribution in [-0.4, -0.2) is 13.3 Å². The first-order valence-corrected chi connectivity index (χ1v) is 4.92. The molecule has 0 atom stereocenters. The molecule has 0 aliphatic heterocycles. The number of rotatable bonds is 6. The molecule has 0 aliphatic carbocycles. The van der Waals surface area contributed by atoms with Crippen molar-refractivity contribution < 1.29 is 4.84 Å². The van der Waals surface area contributed by atoms with Crippen LogP contribution in [0.25, 0.3) is 0 Å². The molecule has 0 bridgehead atoms. The molecule has 2 heteroatoms. The average molecular weight is 181 g/mol. The average Bonchev–Trinajstić information content (AvgIpc) is 2.16. The zero-order chi connectivity index (χ0) is 9.78. The Balaban J connectivity index is 3.15. The first-order valence-electron chi connectivity index (χ1n) is 4.92. The summed E-state index contributed by atoms with van der Waals surface area (Å²) >= 11 is 0.